The van der Waals surface area contributed by atoms with E-state index in [2.05, 4.69) is 16.8 Å². The van der Waals surface area contributed by atoms with E-state index in [-0.39, 0.29) is 12.4 Å². The summed E-state index contributed by atoms with van der Waals surface area (Å²) in [7, 11) is 0. The van der Waals surface area contributed by atoms with Crippen LogP contribution < -0.4 is 10.5 Å². The van der Waals surface area contributed by atoms with Crippen molar-refractivity contribution in [2.45, 2.75) is 6.61 Å². The van der Waals surface area contributed by atoms with Gasteiger partial charge in [0.1, 0.15) is 18.2 Å². The summed E-state index contributed by atoms with van der Waals surface area (Å²) in [5, 5.41) is 0. The molecule has 2 rings (SSSR count). The quantitative estimate of drug-likeness (QED) is 0.856. The van der Waals surface area contributed by atoms with Crippen LogP contribution in [0.5, 0.6) is 5.75 Å². The van der Waals surface area contributed by atoms with Crippen molar-refractivity contribution in [3.8, 4) is 17.6 Å². The number of nitrogens with two attached hydrogens (primary N) is 1. The second kappa shape index (κ2) is 6.53. The minimum Gasteiger partial charge on any atom is -0.489 e. The van der Waals surface area contributed by atoms with Crippen molar-refractivity contribution < 1.29 is 9.13 Å². The van der Waals surface area contributed by atoms with Crippen molar-refractivity contribution in [2.75, 3.05) is 6.54 Å². The molecule has 0 amide bonds. The highest BCUT2D eigenvalue weighted by atomic mass is 19.1. The van der Waals surface area contributed by atoms with Crippen LogP contribution in [-0.2, 0) is 6.61 Å². The Morgan fingerprint density at radius 2 is 2.00 bits per heavy atom. The number of benzene rings is 1. The third-order valence-corrected chi connectivity index (χ3v) is 2.36. The molecular formula is C15H13FN2O. The first-order valence-corrected chi connectivity index (χ1v) is 5.79. The first-order chi connectivity index (χ1) is 9.28. The van der Waals surface area contributed by atoms with Crippen molar-refractivity contribution in [1.29, 1.82) is 0 Å². The lowest BCUT2D eigenvalue weighted by atomic mass is 10.2. The molecule has 0 aliphatic rings. The summed E-state index contributed by atoms with van der Waals surface area (Å²) in [6.07, 6.45) is 2.73. The molecule has 0 radical (unpaired) electrons. The molecule has 1 aromatic carbocycles. The number of ether oxygens (including phenoxy) is 1. The van der Waals surface area contributed by atoms with Crippen LogP contribution in [0.4, 0.5) is 4.39 Å². The Labute approximate surface area is 111 Å². The van der Waals surface area contributed by atoms with E-state index in [1.54, 1.807) is 6.20 Å². The van der Waals surface area contributed by atoms with Crippen molar-refractivity contribution >= 4 is 0 Å². The summed E-state index contributed by atoms with van der Waals surface area (Å²) in [5.41, 5.74) is 6.86. The summed E-state index contributed by atoms with van der Waals surface area (Å²) in [4.78, 5) is 3.76. The Kier molecular flexibility index (Phi) is 4.49. The smallest absolute Gasteiger partial charge is 0.141 e. The second-order valence-electron chi connectivity index (χ2n) is 3.83. The Morgan fingerprint density at radius 1 is 1.21 bits per heavy atom. The Balaban J connectivity index is 1.96. The summed E-state index contributed by atoms with van der Waals surface area (Å²) in [6.45, 7) is 0.614. The van der Waals surface area contributed by atoms with Crippen LogP contribution in [0.25, 0.3) is 0 Å². The number of hydrogen-bond acceptors (Lipinski definition) is 3. The van der Waals surface area contributed by atoms with Crippen LogP contribution >= 0.6 is 0 Å². The predicted molar refractivity (Wildman–Crippen MR) is 70.9 cm³/mol. The Bertz CT molecular complexity index is 600. The fourth-order valence-corrected chi connectivity index (χ4v) is 1.49. The van der Waals surface area contributed by atoms with E-state index in [0.29, 0.717) is 17.9 Å². The largest absolute Gasteiger partial charge is 0.489 e. The highest BCUT2D eigenvalue weighted by Gasteiger charge is 1.98. The zero-order chi connectivity index (χ0) is 13.5. The Hall–Kier alpha value is -2.38. The highest BCUT2D eigenvalue weighted by Crippen LogP contribution is 2.13. The molecule has 96 valence electrons. The van der Waals surface area contributed by atoms with E-state index in [1.807, 2.05) is 24.3 Å². The first kappa shape index (κ1) is 13.1. The molecule has 0 bridgehead atoms. The van der Waals surface area contributed by atoms with Crippen LogP contribution in [0.3, 0.4) is 0 Å². The minimum atomic E-state index is -0.367. The van der Waals surface area contributed by atoms with Crippen LogP contribution in [0.2, 0.25) is 0 Å². The van der Waals surface area contributed by atoms with Crippen LogP contribution in [0.15, 0.2) is 42.7 Å². The number of halogens is 1. The highest BCUT2D eigenvalue weighted by molar-refractivity contribution is 5.38. The average Bonchev–Trinajstić information content (AvgIpc) is 2.44. The fraction of sp³-hybridized carbons (Fsp3) is 0.133. The molecule has 0 aliphatic heterocycles. The van der Waals surface area contributed by atoms with Crippen molar-refractivity contribution in [1.82, 2.24) is 4.98 Å². The molecule has 0 saturated carbocycles. The fourth-order valence-electron chi connectivity index (χ4n) is 1.49. The molecule has 3 nitrogen and oxygen atoms in total. The Morgan fingerprint density at radius 3 is 2.68 bits per heavy atom. The number of nitrogens with zero attached hydrogens (tertiary/aromatic N) is 1. The van der Waals surface area contributed by atoms with Gasteiger partial charge in [-0.1, -0.05) is 11.8 Å². The molecule has 0 atom stereocenters. The molecule has 0 saturated heterocycles. The molecule has 4 heteroatoms. The van der Waals surface area contributed by atoms with Crippen molar-refractivity contribution in [3.05, 3.63) is 59.7 Å². The van der Waals surface area contributed by atoms with Gasteiger partial charge in [-0.25, -0.2) is 4.39 Å². The summed E-state index contributed by atoms with van der Waals surface area (Å²) < 4.78 is 18.4. The zero-order valence-electron chi connectivity index (χ0n) is 10.3. The van der Waals surface area contributed by atoms with Crippen LogP contribution in [-0.4, -0.2) is 11.5 Å². The first-order valence-electron chi connectivity index (χ1n) is 5.79. The van der Waals surface area contributed by atoms with Crippen molar-refractivity contribution in [3.63, 3.8) is 0 Å². The lowest BCUT2D eigenvalue weighted by molar-refractivity contribution is 0.305. The normalized spacial score (nSPS) is 9.58. The maximum absolute atomic E-state index is 12.9. The standard InChI is InChI=1S/C15H13FN2O/c16-14-8-13(9-18-10-14)11-19-15-5-3-12(4-6-15)2-1-7-17/h3-6,8-10H,7,11,17H2. The zero-order valence-corrected chi connectivity index (χ0v) is 10.3. The molecule has 2 aromatic rings. The molecule has 0 aliphatic carbocycles. The third-order valence-electron chi connectivity index (χ3n) is 2.36. The topological polar surface area (TPSA) is 48.1 Å². The van der Waals surface area contributed by atoms with E-state index in [9.17, 15) is 4.39 Å². The van der Waals surface area contributed by atoms with Gasteiger partial charge in [0.2, 0.25) is 0 Å². The van der Waals surface area contributed by atoms with Crippen LogP contribution in [0.1, 0.15) is 11.1 Å². The lowest BCUT2D eigenvalue weighted by Gasteiger charge is -2.05. The van der Waals surface area contributed by atoms with Gasteiger partial charge in [-0.05, 0) is 30.3 Å². The van der Waals surface area contributed by atoms with Crippen molar-refractivity contribution in [2.24, 2.45) is 5.73 Å². The van der Waals surface area contributed by atoms with Crippen LogP contribution in [0, 0.1) is 17.7 Å². The van der Waals surface area contributed by atoms with Gasteiger partial charge in [-0.15, -0.1) is 0 Å². The van der Waals surface area contributed by atoms with Gasteiger partial charge in [0.05, 0.1) is 12.7 Å². The van der Waals surface area contributed by atoms with Gasteiger partial charge in [0, 0.05) is 17.3 Å². The van der Waals surface area contributed by atoms with E-state index < -0.39 is 0 Å². The summed E-state index contributed by atoms with van der Waals surface area (Å²) >= 11 is 0. The van der Waals surface area contributed by atoms with E-state index >= 15 is 0 Å². The van der Waals surface area contributed by atoms with Gasteiger partial charge in [0.15, 0.2) is 0 Å². The lowest BCUT2D eigenvalue weighted by Crippen LogP contribution is -1.97. The van der Waals surface area contributed by atoms with Gasteiger partial charge < -0.3 is 10.5 Å². The summed E-state index contributed by atoms with van der Waals surface area (Å²) in [6, 6.07) is 8.72. The number of pyridine rings is 1. The van der Waals surface area contributed by atoms with Gasteiger partial charge in [-0.3, -0.25) is 4.98 Å². The van der Waals surface area contributed by atoms with Gasteiger partial charge in [-0.2, -0.15) is 0 Å². The second-order valence-corrected chi connectivity index (χ2v) is 3.83. The van der Waals surface area contributed by atoms with Gasteiger partial charge in [0.25, 0.3) is 0 Å². The molecule has 0 fully saturated rings. The molecule has 19 heavy (non-hydrogen) atoms. The molecule has 1 heterocycles. The number of rotatable bonds is 3. The maximum atomic E-state index is 12.9. The predicted octanol–water partition coefficient (Wildman–Crippen LogP) is 2.11. The molecular weight excluding hydrogens is 243 g/mol. The maximum Gasteiger partial charge on any atom is 0.141 e. The minimum absolute atomic E-state index is 0.276. The summed E-state index contributed by atoms with van der Waals surface area (Å²) in [5.74, 6) is 6.03. The average molecular weight is 256 g/mol. The molecule has 2 N–H and O–H groups in total. The van der Waals surface area contributed by atoms with E-state index in [4.69, 9.17) is 10.5 Å². The van der Waals surface area contributed by atoms with E-state index in [1.165, 1.54) is 6.07 Å². The van der Waals surface area contributed by atoms with Gasteiger partial charge >= 0.3 is 0 Å². The SMILES string of the molecule is NCC#Cc1ccc(OCc2cncc(F)c2)cc1. The number of hydrogen-bond donors (Lipinski definition) is 1. The third kappa shape index (κ3) is 4.09. The van der Waals surface area contributed by atoms with E-state index in [0.717, 1.165) is 11.8 Å². The monoisotopic (exact) mass is 256 g/mol. The number of aromatic nitrogens is 1. The molecule has 0 unspecified atom stereocenters. The molecule has 1 aromatic heterocycles. The molecule has 0 spiro atoms.